The van der Waals surface area contributed by atoms with Crippen LogP contribution in [0.5, 0.6) is 0 Å². The molecule has 0 saturated carbocycles. The molecule has 2 heteroatoms. The maximum absolute atomic E-state index is 4.74. The van der Waals surface area contributed by atoms with Gasteiger partial charge >= 0.3 is 0 Å². The lowest BCUT2D eigenvalue weighted by atomic mass is 10.0. The Bertz CT molecular complexity index is 1230. The maximum atomic E-state index is 4.74. The molecule has 0 aliphatic carbocycles. The van der Waals surface area contributed by atoms with Gasteiger partial charge in [0, 0.05) is 5.56 Å². The predicted molar refractivity (Wildman–Crippen MR) is 126 cm³/mol. The molecule has 0 saturated heterocycles. The van der Waals surface area contributed by atoms with Gasteiger partial charge in [0.25, 0.3) is 0 Å². The normalized spacial score (nSPS) is 11.3. The molecule has 0 atom stereocenters. The maximum Gasteiger partial charge on any atom is 0.124 e. The van der Waals surface area contributed by atoms with Crippen molar-refractivity contribution in [3.8, 4) is 21.7 Å². The summed E-state index contributed by atoms with van der Waals surface area (Å²) in [5.74, 6) is 0. The SMILES string of the molecule is C(=C\c1ccc(-c2nc3ccccc3s2)cc1)/c1ccc(-c2ccccc2)cc1. The topological polar surface area (TPSA) is 12.9 Å². The van der Waals surface area contributed by atoms with Crippen molar-refractivity contribution >= 4 is 33.7 Å². The number of aromatic nitrogens is 1. The van der Waals surface area contributed by atoms with Crippen molar-refractivity contribution in [1.82, 2.24) is 4.98 Å². The second-order valence-corrected chi connectivity index (χ2v) is 7.96. The Morgan fingerprint density at radius 3 is 1.72 bits per heavy atom. The number of hydrogen-bond donors (Lipinski definition) is 0. The fraction of sp³-hybridized carbons (Fsp3) is 0. The van der Waals surface area contributed by atoms with Crippen LogP contribution in [0.15, 0.2) is 103 Å². The Kier molecular flexibility index (Phi) is 4.77. The number of benzene rings is 4. The third-order valence-corrected chi connectivity index (χ3v) is 6.02. The molecule has 0 amide bonds. The summed E-state index contributed by atoms with van der Waals surface area (Å²) < 4.78 is 1.23. The van der Waals surface area contributed by atoms with E-state index < -0.39 is 0 Å². The van der Waals surface area contributed by atoms with Gasteiger partial charge in [-0.15, -0.1) is 11.3 Å². The van der Waals surface area contributed by atoms with Crippen LogP contribution in [0.25, 0.3) is 44.1 Å². The molecule has 0 bridgehead atoms. The number of para-hydroxylation sites is 1. The second kappa shape index (κ2) is 7.86. The standard InChI is InChI=1S/C27H19NS/c1-2-6-22(7-3-1)23-16-12-20(13-17-23)10-11-21-14-18-24(19-15-21)27-28-25-8-4-5-9-26(25)29-27/h1-19H/b11-10+. The number of rotatable bonds is 4. The zero-order valence-electron chi connectivity index (χ0n) is 15.8. The monoisotopic (exact) mass is 389 g/mol. The molecule has 4 aromatic carbocycles. The van der Waals surface area contributed by atoms with Gasteiger partial charge in [-0.2, -0.15) is 0 Å². The predicted octanol–water partition coefficient (Wildman–Crippen LogP) is 7.80. The van der Waals surface area contributed by atoms with E-state index in [2.05, 4.69) is 103 Å². The highest BCUT2D eigenvalue weighted by atomic mass is 32.1. The Morgan fingerprint density at radius 2 is 1.07 bits per heavy atom. The van der Waals surface area contributed by atoms with Crippen LogP contribution < -0.4 is 0 Å². The first kappa shape index (κ1) is 17.6. The Morgan fingerprint density at radius 1 is 0.517 bits per heavy atom. The van der Waals surface area contributed by atoms with Crippen LogP contribution in [-0.4, -0.2) is 4.98 Å². The Balaban J connectivity index is 1.32. The van der Waals surface area contributed by atoms with E-state index in [1.165, 1.54) is 27.0 Å². The first-order chi connectivity index (χ1) is 14.3. The molecule has 0 aliphatic heterocycles. The lowest BCUT2D eigenvalue weighted by Crippen LogP contribution is -1.79. The summed E-state index contributed by atoms with van der Waals surface area (Å²) in [6, 6.07) is 36.0. The van der Waals surface area contributed by atoms with Gasteiger partial charge in [0.1, 0.15) is 5.01 Å². The fourth-order valence-corrected chi connectivity index (χ4v) is 4.31. The van der Waals surface area contributed by atoms with Crippen molar-refractivity contribution in [2.75, 3.05) is 0 Å². The quantitative estimate of drug-likeness (QED) is 0.286. The third kappa shape index (κ3) is 3.89. The molecule has 1 heterocycles. The minimum Gasteiger partial charge on any atom is -0.236 e. The summed E-state index contributed by atoms with van der Waals surface area (Å²) >= 11 is 1.74. The van der Waals surface area contributed by atoms with Crippen LogP contribution in [0.1, 0.15) is 11.1 Å². The van der Waals surface area contributed by atoms with Crippen LogP contribution in [0.3, 0.4) is 0 Å². The van der Waals surface area contributed by atoms with Gasteiger partial charge in [0.05, 0.1) is 10.2 Å². The molecule has 29 heavy (non-hydrogen) atoms. The molecular formula is C27H19NS. The van der Waals surface area contributed by atoms with Crippen molar-refractivity contribution in [3.05, 3.63) is 114 Å². The fourth-order valence-electron chi connectivity index (χ4n) is 3.34. The highest BCUT2D eigenvalue weighted by molar-refractivity contribution is 7.21. The van der Waals surface area contributed by atoms with E-state index in [1.54, 1.807) is 11.3 Å². The first-order valence-electron chi connectivity index (χ1n) is 9.65. The number of fused-ring (bicyclic) bond motifs is 1. The number of thiazole rings is 1. The van der Waals surface area contributed by atoms with Crippen LogP contribution in [0.2, 0.25) is 0 Å². The van der Waals surface area contributed by atoms with Crippen molar-refractivity contribution in [2.24, 2.45) is 0 Å². The lowest BCUT2D eigenvalue weighted by Gasteiger charge is -2.02. The molecule has 0 aliphatic rings. The molecule has 0 N–H and O–H groups in total. The molecular weight excluding hydrogens is 370 g/mol. The summed E-state index contributed by atoms with van der Waals surface area (Å²) in [6.45, 7) is 0. The van der Waals surface area contributed by atoms with Crippen LogP contribution >= 0.6 is 11.3 Å². The summed E-state index contributed by atoms with van der Waals surface area (Å²) in [4.78, 5) is 4.74. The van der Waals surface area contributed by atoms with E-state index in [-0.39, 0.29) is 0 Å². The summed E-state index contributed by atoms with van der Waals surface area (Å²) in [5, 5.41) is 1.07. The highest BCUT2D eigenvalue weighted by Gasteiger charge is 2.05. The summed E-state index contributed by atoms with van der Waals surface area (Å²) in [5.41, 5.74) is 7.09. The number of nitrogens with zero attached hydrogens (tertiary/aromatic N) is 1. The van der Waals surface area contributed by atoms with E-state index in [1.807, 2.05) is 12.1 Å². The van der Waals surface area contributed by atoms with Crippen molar-refractivity contribution in [1.29, 1.82) is 0 Å². The van der Waals surface area contributed by atoms with E-state index in [4.69, 9.17) is 4.98 Å². The highest BCUT2D eigenvalue weighted by Crippen LogP contribution is 2.30. The molecule has 0 fully saturated rings. The number of hydrogen-bond acceptors (Lipinski definition) is 2. The van der Waals surface area contributed by atoms with E-state index in [0.717, 1.165) is 16.1 Å². The summed E-state index contributed by atoms with van der Waals surface area (Å²) in [7, 11) is 0. The molecule has 138 valence electrons. The first-order valence-corrected chi connectivity index (χ1v) is 10.5. The van der Waals surface area contributed by atoms with Gasteiger partial charge < -0.3 is 0 Å². The van der Waals surface area contributed by atoms with Crippen molar-refractivity contribution in [2.45, 2.75) is 0 Å². The molecule has 5 aromatic rings. The van der Waals surface area contributed by atoms with Gasteiger partial charge in [-0.05, 0) is 34.4 Å². The minimum atomic E-state index is 1.07. The Labute approximate surface area is 174 Å². The molecule has 1 aromatic heterocycles. The van der Waals surface area contributed by atoms with E-state index in [0.29, 0.717) is 0 Å². The van der Waals surface area contributed by atoms with Gasteiger partial charge in [0.2, 0.25) is 0 Å². The second-order valence-electron chi connectivity index (χ2n) is 6.93. The van der Waals surface area contributed by atoms with Gasteiger partial charge in [-0.1, -0.05) is 103 Å². The van der Waals surface area contributed by atoms with Crippen molar-refractivity contribution < 1.29 is 0 Å². The zero-order valence-corrected chi connectivity index (χ0v) is 16.6. The third-order valence-electron chi connectivity index (χ3n) is 4.94. The largest absolute Gasteiger partial charge is 0.236 e. The molecule has 0 radical (unpaired) electrons. The minimum absolute atomic E-state index is 1.07. The average molecular weight is 390 g/mol. The van der Waals surface area contributed by atoms with Crippen molar-refractivity contribution in [3.63, 3.8) is 0 Å². The molecule has 1 nitrogen and oxygen atoms in total. The summed E-state index contributed by atoms with van der Waals surface area (Å²) in [6.07, 6.45) is 4.31. The van der Waals surface area contributed by atoms with E-state index >= 15 is 0 Å². The van der Waals surface area contributed by atoms with Crippen LogP contribution in [0, 0.1) is 0 Å². The smallest absolute Gasteiger partial charge is 0.124 e. The molecule has 0 spiro atoms. The molecule has 0 unspecified atom stereocenters. The Hall–Kier alpha value is -3.49. The average Bonchev–Trinajstić information content (AvgIpc) is 3.23. The zero-order chi connectivity index (χ0) is 19.5. The van der Waals surface area contributed by atoms with Crippen LogP contribution in [-0.2, 0) is 0 Å². The molecule has 5 rings (SSSR count). The van der Waals surface area contributed by atoms with Crippen LogP contribution in [0.4, 0.5) is 0 Å². The van der Waals surface area contributed by atoms with Gasteiger partial charge in [-0.25, -0.2) is 4.98 Å². The van der Waals surface area contributed by atoms with E-state index in [9.17, 15) is 0 Å². The van der Waals surface area contributed by atoms with Gasteiger partial charge in [0.15, 0.2) is 0 Å². The van der Waals surface area contributed by atoms with Gasteiger partial charge in [-0.3, -0.25) is 0 Å². The lowest BCUT2D eigenvalue weighted by molar-refractivity contribution is 1.47.